The average molecular weight is 347 g/mol. The predicted octanol–water partition coefficient (Wildman–Crippen LogP) is 4.78. The van der Waals surface area contributed by atoms with Crippen LogP contribution < -0.4 is 0 Å². The van der Waals surface area contributed by atoms with Crippen molar-refractivity contribution in [1.82, 2.24) is 0 Å². The van der Waals surface area contributed by atoms with Gasteiger partial charge < -0.3 is 5.11 Å². The Morgan fingerprint density at radius 2 is 2.17 bits per heavy atom. The molecule has 0 radical (unpaired) electrons. The summed E-state index contributed by atoms with van der Waals surface area (Å²) in [4.78, 5) is 12.0. The van der Waals surface area contributed by atoms with E-state index in [4.69, 9.17) is 11.6 Å². The quantitative estimate of drug-likeness (QED) is 0.694. The first-order chi connectivity index (χ1) is 11.4. The van der Waals surface area contributed by atoms with Crippen molar-refractivity contribution >= 4 is 17.4 Å². The Labute approximate surface area is 149 Å². The zero-order valence-electron chi connectivity index (χ0n) is 14.6. The van der Waals surface area contributed by atoms with Gasteiger partial charge in [-0.3, -0.25) is 4.79 Å². The maximum absolute atomic E-state index is 12.0. The Morgan fingerprint density at radius 1 is 1.38 bits per heavy atom. The molecule has 0 aromatic rings. The highest BCUT2D eigenvalue weighted by atomic mass is 35.5. The molecular weight excluding hydrogens is 320 g/mol. The number of carbonyl (C=O) groups excluding carboxylic acids is 1. The molecule has 6 atom stereocenters. The topological polar surface area (TPSA) is 37.3 Å². The third-order valence-electron chi connectivity index (χ3n) is 7.80. The number of fused-ring (bicyclic) bond motifs is 5. The number of aliphatic hydroxyl groups is 1. The van der Waals surface area contributed by atoms with Gasteiger partial charge in [-0.15, -0.1) is 0 Å². The van der Waals surface area contributed by atoms with Crippen LogP contribution in [-0.4, -0.2) is 17.0 Å². The minimum atomic E-state index is -0.213. The highest BCUT2D eigenvalue weighted by Gasteiger charge is 2.57. The molecule has 3 heteroatoms. The summed E-state index contributed by atoms with van der Waals surface area (Å²) >= 11 is 6.40. The number of hydrogen-bond acceptors (Lipinski definition) is 2. The van der Waals surface area contributed by atoms with E-state index in [1.165, 1.54) is 0 Å². The Morgan fingerprint density at radius 3 is 2.92 bits per heavy atom. The van der Waals surface area contributed by atoms with Crippen LogP contribution in [0.4, 0.5) is 0 Å². The molecule has 0 saturated heterocycles. The SMILES string of the molecule is CC[C@]12CC[C@H]3[C@@H](CCC4=C(Cl)C(=O)C=C[C@@]43C)[C@@H]1C=CC[C@@H]2O. The molecule has 2 nitrogen and oxygen atoms in total. The largest absolute Gasteiger partial charge is 0.392 e. The van der Waals surface area contributed by atoms with E-state index in [9.17, 15) is 9.90 Å². The van der Waals surface area contributed by atoms with Crippen LogP contribution in [0.1, 0.15) is 52.4 Å². The number of rotatable bonds is 1. The van der Waals surface area contributed by atoms with Crippen molar-refractivity contribution in [2.75, 3.05) is 0 Å². The van der Waals surface area contributed by atoms with Crippen molar-refractivity contribution in [3.63, 3.8) is 0 Å². The second-order valence-corrected chi connectivity index (χ2v) is 8.79. The van der Waals surface area contributed by atoms with E-state index in [0.29, 0.717) is 22.8 Å². The summed E-state index contributed by atoms with van der Waals surface area (Å²) in [5.74, 6) is 1.50. The molecule has 24 heavy (non-hydrogen) atoms. The summed E-state index contributed by atoms with van der Waals surface area (Å²) < 4.78 is 0. The van der Waals surface area contributed by atoms with E-state index in [1.54, 1.807) is 6.08 Å². The molecule has 0 heterocycles. The van der Waals surface area contributed by atoms with Gasteiger partial charge in [-0.1, -0.05) is 43.7 Å². The third-order valence-corrected chi connectivity index (χ3v) is 8.21. The fourth-order valence-electron chi connectivity index (χ4n) is 6.41. The van der Waals surface area contributed by atoms with E-state index in [1.807, 2.05) is 0 Å². The Balaban J connectivity index is 1.76. The van der Waals surface area contributed by atoms with Crippen LogP contribution in [0.2, 0.25) is 0 Å². The van der Waals surface area contributed by atoms with Crippen molar-refractivity contribution < 1.29 is 9.90 Å². The first-order valence-electron chi connectivity index (χ1n) is 9.41. The predicted molar refractivity (Wildman–Crippen MR) is 96.6 cm³/mol. The molecule has 2 saturated carbocycles. The van der Waals surface area contributed by atoms with Crippen molar-refractivity contribution in [3.8, 4) is 0 Å². The minimum absolute atomic E-state index is 0.0331. The fourth-order valence-corrected chi connectivity index (χ4v) is 6.77. The molecule has 1 N–H and O–H groups in total. The van der Waals surface area contributed by atoms with Crippen LogP contribution in [-0.2, 0) is 4.79 Å². The van der Waals surface area contributed by atoms with Gasteiger partial charge in [0.25, 0.3) is 0 Å². The Hall–Kier alpha value is -0.860. The van der Waals surface area contributed by atoms with E-state index in [0.717, 1.165) is 44.1 Å². The van der Waals surface area contributed by atoms with Crippen molar-refractivity contribution in [3.05, 3.63) is 34.9 Å². The Kier molecular flexibility index (Phi) is 3.85. The maximum atomic E-state index is 12.0. The maximum Gasteiger partial charge on any atom is 0.196 e. The van der Waals surface area contributed by atoms with Crippen LogP contribution >= 0.6 is 11.6 Å². The van der Waals surface area contributed by atoms with Gasteiger partial charge in [0, 0.05) is 10.8 Å². The minimum Gasteiger partial charge on any atom is -0.392 e. The number of allylic oxidation sites excluding steroid dienone is 5. The summed E-state index contributed by atoms with van der Waals surface area (Å²) in [6.45, 7) is 4.51. The van der Waals surface area contributed by atoms with Crippen LogP contribution in [0, 0.1) is 28.6 Å². The van der Waals surface area contributed by atoms with Crippen LogP contribution in [0.3, 0.4) is 0 Å². The van der Waals surface area contributed by atoms with Gasteiger partial charge in [0.1, 0.15) is 0 Å². The van der Waals surface area contributed by atoms with Gasteiger partial charge in [-0.05, 0) is 67.9 Å². The monoisotopic (exact) mass is 346 g/mol. The lowest BCUT2D eigenvalue weighted by Crippen LogP contribution is -2.55. The van der Waals surface area contributed by atoms with Gasteiger partial charge >= 0.3 is 0 Å². The van der Waals surface area contributed by atoms with Gasteiger partial charge in [-0.2, -0.15) is 0 Å². The number of halogens is 1. The molecule has 4 aliphatic rings. The molecule has 4 rings (SSSR count). The molecule has 4 aliphatic carbocycles. The summed E-state index contributed by atoms with van der Waals surface area (Å²) in [6, 6.07) is 0. The van der Waals surface area contributed by atoms with E-state index in [-0.39, 0.29) is 22.7 Å². The van der Waals surface area contributed by atoms with Crippen LogP contribution in [0.25, 0.3) is 0 Å². The van der Waals surface area contributed by atoms with E-state index < -0.39 is 0 Å². The zero-order valence-corrected chi connectivity index (χ0v) is 15.4. The molecule has 0 amide bonds. The van der Waals surface area contributed by atoms with Crippen LogP contribution in [0.5, 0.6) is 0 Å². The van der Waals surface area contributed by atoms with Crippen LogP contribution in [0.15, 0.2) is 34.9 Å². The number of carbonyl (C=O) groups is 1. The second kappa shape index (κ2) is 5.57. The van der Waals surface area contributed by atoms with Gasteiger partial charge in [0.2, 0.25) is 0 Å². The number of aliphatic hydroxyl groups excluding tert-OH is 1. The summed E-state index contributed by atoms with van der Waals surface area (Å²) in [5.41, 5.74) is 1.11. The molecule has 0 bridgehead atoms. The summed E-state index contributed by atoms with van der Waals surface area (Å²) in [5, 5.41) is 11.2. The average Bonchev–Trinajstić information content (AvgIpc) is 2.58. The second-order valence-electron chi connectivity index (χ2n) is 8.41. The zero-order chi connectivity index (χ0) is 17.1. The molecular formula is C21H27ClO2. The van der Waals surface area contributed by atoms with E-state index in [2.05, 4.69) is 32.1 Å². The smallest absolute Gasteiger partial charge is 0.196 e. The first-order valence-corrected chi connectivity index (χ1v) is 9.79. The highest BCUT2D eigenvalue weighted by Crippen LogP contribution is 2.64. The number of hydrogen-bond donors (Lipinski definition) is 1. The third kappa shape index (κ3) is 2.02. The van der Waals surface area contributed by atoms with Gasteiger partial charge in [0.05, 0.1) is 11.1 Å². The standard InChI is InChI=1S/C21H27ClO2/c1-3-21-12-9-14-13(15(21)5-4-6-18(21)24)7-8-16-19(22)17(23)10-11-20(14,16)2/h4-5,10-11,13-15,18,24H,3,6-9,12H2,1-2H3/t13-,14+,15+,18+,20-,21+/m1/s1. The lowest BCUT2D eigenvalue weighted by Gasteiger charge is -2.60. The van der Waals surface area contributed by atoms with Crippen molar-refractivity contribution in [1.29, 1.82) is 0 Å². The van der Waals surface area contributed by atoms with E-state index >= 15 is 0 Å². The normalized spacial score (nSPS) is 47.2. The first kappa shape index (κ1) is 16.6. The molecule has 2 fully saturated rings. The molecule has 0 aromatic carbocycles. The molecule has 0 aliphatic heterocycles. The van der Waals surface area contributed by atoms with Gasteiger partial charge in [-0.25, -0.2) is 0 Å². The number of ketones is 1. The molecule has 0 unspecified atom stereocenters. The summed E-state index contributed by atoms with van der Waals surface area (Å²) in [7, 11) is 0. The highest BCUT2D eigenvalue weighted by molar-refractivity contribution is 6.45. The molecule has 130 valence electrons. The lowest BCUT2D eigenvalue weighted by molar-refractivity contribution is -0.112. The van der Waals surface area contributed by atoms with Gasteiger partial charge in [0.15, 0.2) is 5.78 Å². The fraction of sp³-hybridized carbons (Fsp3) is 0.667. The van der Waals surface area contributed by atoms with Crippen molar-refractivity contribution in [2.45, 2.75) is 58.5 Å². The lowest BCUT2D eigenvalue weighted by atomic mass is 9.45. The van der Waals surface area contributed by atoms with Crippen molar-refractivity contribution in [2.24, 2.45) is 28.6 Å². The Bertz CT molecular complexity index is 661. The molecule has 0 aromatic heterocycles. The molecule has 0 spiro atoms. The summed E-state index contributed by atoms with van der Waals surface area (Å²) in [6.07, 6.45) is 14.2.